The van der Waals surface area contributed by atoms with Crippen molar-refractivity contribution in [1.82, 2.24) is 9.78 Å². The first kappa shape index (κ1) is 9.87. The van der Waals surface area contributed by atoms with E-state index in [0.717, 1.165) is 25.1 Å². The van der Waals surface area contributed by atoms with Crippen LogP contribution >= 0.6 is 0 Å². The normalized spacial score (nSPS) is 20.7. The first-order chi connectivity index (χ1) is 7.65. The molecule has 0 saturated heterocycles. The van der Waals surface area contributed by atoms with E-state index in [-0.39, 0.29) is 5.92 Å². The van der Waals surface area contributed by atoms with E-state index in [0.29, 0.717) is 16.9 Å². The highest BCUT2D eigenvalue weighted by Crippen LogP contribution is 2.50. The van der Waals surface area contributed by atoms with Crippen molar-refractivity contribution in [2.24, 2.45) is 5.41 Å². The molecule has 1 fully saturated rings. The fourth-order valence-corrected chi connectivity index (χ4v) is 2.34. The first-order valence-electron chi connectivity index (χ1n) is 5.84. The Hall–Kier alpha value is -1.32. The average Bonchev–Trinajstić information content (AvgIpc) is 2.89. The highest BCUT2D eigenvalue weighted by Gasteiger charge is 2.47. The third-order valence-corrected chi connectivity index (χ3v) is 3.59. The lowest BCUT2D eigenvalue weighted by Crippen LogP contribution is -2.27. The molecule has 86 valence electrons. The second-order valence-electron chi connectivity index (χ2n) is 5.32. The number of hydrogen-bond acceptors (Lipinski definition) is 3. The van der Waals surface area contributed by atoms with Crippen LogP contribution in [0.1, 0.15) is 48.7 Å². The van der Waals surface area contributed by atoms with Gasteiger partial charge in [0.05, 0.1) is 24.4 Å². The SMILES string of the molecule is CC(C)c1nn2c(c1C=O)OCC1(CC1)C2. The Morgan fingerprint density at radius 1 is 1.50 bits per heavy atom. The molecule has 2 aliphatic rings. The quantitative estimate of drug-likeness (QED) is 0.716. The van der Waals surface area contributed by atoms with E-state index in [9.17, 15) is 4.79 Å². The maximum atomic E-state index is 11.1. The van der Waals surface area contributed by atoms with Crippen LogP contribution in [0.3, 0.4) is 0 Å². The summed E-state index contributed by atoms with van der Waals surface area (Å²) in [4.78, 5) is 11.1. The number of aldehydes is 1. The van der Waals surface area contributed by atoms with Gasteiger partial charge >= 0.3 is 0 Å². The summed E-state index contributed by atoms with van der Waals surface area (Å²) in [5, 5.41) is 4.52. The molecule has 0 atom stereocenters. The zero-order chi connectivity index (χ0) is 11.3. The van der Waals surface area contributed by atoms with Crippen LogP contribution in [0.4, 0.5) is 0 Å². The minimum absolute atomic E-state index is 0.261. The van der Waals surface area contributed by atoms with Crippen LogP contribution in [0.5, 0.6) is 5.88 Å². The Bertz CT molecular complexity index is 444. The van der Waals surface area contributed by atoms with Gasteiger partial charge in [-0.05, 0) is 18.8 Å². The van der Waals surface area contributed by atoms with Crippen molar-refractivity contribution in [3.05, 3.63) is 11.3 Å². The maximum absolute atomic E-state index is 11.1. The molecule has 0 bridgehead atoms. The molecule has 0 amide bonds. The van der Waals surface area contributed by atoms with Crippen LogP contribution in [0, 0.1) is 5.41 Å². The van der Waals surface area contributed by atoms with Gasteiger partial charge in [0.25, 0.3) is 0 Å². The second kappa shape index (κ2) is 3.09. The molecular weight excluding hydrogens is 204 g/mol. The van der Waals surface area contributed by atoms with Gasteiger partial charge in [-0.3, -0.25) is 4.79 Å². The molecular formula is C12H16N2O2. The number of ether oxygens (including phenoxy) is 1. The van der Waals surface area contributed by atoms with Crippen molar-refractivity contribution >= 4 is 6.29 Å². The number of nitrogens with zero attached hydrogens (tertiary/aromatic N) is 2. The summed E-state index contributed by atoms with van der Waals surface area (Å²) in [6, 6.07) is 0. The van der Waals surface area contributed by atoms with E-state index in [4.69, 9.17) is 4.74 Å². The van der Waals surface area contributed by atoms with Crippen LogP contribution in [0.25, 0.3) is 0 Å². The zero-order valence-electron chi connectivity index (χ0n) is 9.69. The summed E-state index contributed by atoms with van der Waals surface area (Å²) in [7, 11) is 0. The molecule has 2 heterocycles. The van der Waals surface area contributed by atoms with Crippen molar-refractivity contribution in [3.8, 4) is 5.88 Å². The number of carbonyl (C=O) groups is 1. The molecule has 1 saturated carbocycles. The zero-order valence-corrected chi connectivity index (χ0v) is 9.69. The van der Waals surface area contributed by atoms with Crippen molar-refractivity contribution in [2.45, 2.75) is 39.2 Å². The average molecular weight is 220 g/mol. The summed E-state index contributed by atoms with van der Waals surface area (Å²) in [6.07, 6.45) is 3.32. The summed E-state index contributed by atoms with van der Waals surface area (Å²) >= 11 is 0. The van der Waals surface area contributed by atoms with E-state index in [2.05, 4.69) is 5.10 Å². The molecule has 3 rings (SSSR count). The van der Waals surface area contributed by atoms with E-state index in [1.807, 2.05) is 18.5 Å². The number of aromatic nitrogens is 2. The lowest BCUT2D eigenvalue weighted by Gasteiger charge is -2.23. The van der Waals surface area contributed by atoms with Crippen molar-refractivity contribution in [2.75, 3.05) is 6.61 Å². The first-order valence-corrected chi connectivity index (χ1v) is 5.84. The van der Waals surface area contributed by atoms with Gasteiger partial charge in [-0.25, -0.2) is 4.68 Å². The Balaban J connectivity index is 2.05. The van der Waals surface area contributed by atoms with Crippen LogP contribution < -0.4 is 4.74 Å². The summed E-state index contributed by atoms with van der Waals surface area (Å²) < 4.78 is 7.61. The Kier molecular flexibility index (Phi) is 1.91. The number of hydrogen-bond donors (Lipinski definition) is 0. The van der Waals surface area contributed by atoms with Crippen LogP contribution in [-0.2, 0) is 6.54 Å². The second-order valence-corrected chi connectivity index (χ2v) is 5.32. The Morgan fingerprint density at radius 3 is 2.81 bits per heavy atom. The highest BCUT2D eigenvalue weighted by atomic mass is 16.5. The molecule has 0 N–H and O–H groups in total. The molecule has 1 aromatic heterocycles. The molecule has 0 unspecified atom stereocenters. The molecule has 4 heteroatoms. The largest absolute Gasteiger partial charge is 0.477 e. The third kappa shape index (κ3) is 1.29. The Labute approximate surface area is 94.6 Å². The predicted molar refractivity (Wildman–Crippen MR) is 58.9 cm³/mol. The monoisotopic (exact) mass is 220 g/mol. The van der Waals surface area contributed by atoms with Gasteiger partial charge in [0.15, 0.2) is 6.29 Å². The van der Waals surface area contributed by atoms with E-state index in [1.54, 1.807) is 0 Å². The standard InChI is InChI=1S/C12H16N2O2/c1-8(2)10-9(5-15)11-14(13-10)6-12(3-4-12)7-16-11/h5,8H,3-4,6-7H2,1-2H3. The highest BCUT2D eigenvalue weighted by molar-refractivity contribution is 5.80. The topological polar surface area (TPSA) is 44.1 Å². The minimum atomic E-state index is 0.261. The molecule has 1 aliphatic heterocycles. The van der Waals surface area contributed by atoms with E-state index in [1.165, 1.54) is 12.8 Å². The molecule has 0 radical (unpaired) electrons. The van der Waals surface area contributed by atoms with Gasteiger partial charge in [-0.1, -0.05) is 13.8 Å². The van der Waals surface area contributed by atoms with Crippen LogP contribution in [-0.4, -0.2) is 22.7 Å². The van der Waals surface area contributed by atoms with Gasteiger partial charge in [0.1, 0.15) is 0 Å². The molecule has 4 nitrogen and oxygen atoms in total. The molecule has 0 aromatic carbocycles. The third-order valence-electron chi connectivity index (χ3n) is 3.59. The molecule has 1 aromatic rings. The van der Waals surface area contributed by atoms with Crippen LogP contribution in [0.2, 0.25) is 0 Å². The predicted octanol–water partition coefficient (Wildman–Crippen LogP) is 1.99. The van der Waals surface area contributed by atoms with E-state index >= 15 is 0 Å². The minimum Gasteiger partial charge on any atom is -0.477 e. The van der Waals surface area contributed by atoms with Crippen molar-refractivity contribution < 1.29 is 9.53 Å². The van der Waals surface area contributed by atoms with Gasteiger partial charge in [0.2, 0.25) is 5.88 Å². The maximum Gasteiger partial charge on any atom is 0.222 e. The summed E-state index contributed by atoms with van der Waals surface area (Å²) in [6.45, 7) is 5.76. The van der Waals surface area contributed by atoms with Gasteiger partial charge in [-0.15, -0.1) is 0 Å². The van der Waals surface area contributed by atoms with Crippen molar-refractivity contribution in [3.63, 3.8) is 0 Å². The van der Waals surface area contributed by atoms with Gasteiger partial charge in [-0.2, -0.15) is 5.10 Å². The summed E-state index contributed by atoms with van der Waals surface area (Å²) in [5.74, 6) is 0.938. The number of carbonyl (C=O) groups excluding carboxylic acids is 1. The van der Waals surface area contributed by atoms with E-state index < -0.39 is 0 Å². The number of rotatable bonds is 2. The van der Waals surface area contributed by atoms with Crippen molar-refractivity contribution in [1.29, 1.82) is 0 Å². The fourth-order valence-electron chi connectivity index (χ4n) is 2.34. The van der Waals surface area contributed by atoms with Crippen LogP contribution in [0.15, 0.2) is 0 Å². The lowest BCUT2D eigenvalue weighted by atomic mass is 10.1. The smallest absolute Gasteiger partial charge is 0.222 e. The molecule has 1 aliphatic carbocycles. The Morgan fingerprint density at radius 2 is 2.25 bits per heavy atom. The van der Waals surface area contributed by atoms with Gasteiger partial charge in [0, 0.05) is 5.41 Å². The summed E-state index contributed by atoms with van der Waals surface area (Å²) in [5.41, 5.74) is 1.83. The van der Waals surface area contributed by atoms with Gasteiger partial charge < -0.3 is 4.74 Å². The lowest BCUT2D eigenvalue weighted by molar-refractivity contribution is 0.110. The fraction of sp³-hybridized carbons (Fsp3) is 0.667. The molecule has 16 heavy (non-hydrogen) atoms. The number of fused-ring (bicyclic) bond motifs is 1. The molecule has 1 spiro atoms.